The number of H-pyrrole nitrogens is 1. The summed E-state index contributed by atoms with van der Waals surface area (Å²) >= 11 is 5.97. The molecule has 0 spiro atoms. The lowest BCUT2D eigenvalue weighted by Crippen LogP contribution is -2.18. The molecule has 2 aromatic rings. The van der Waals surface area contributed by atoms with Crippen molar-refractivity contribution in [1.82, 2.24) is 4.98 Å². The number of pyridine rings is 1. The number of aromatic amines is 1. The second-order valence-corrected chi connectivity index (χ2v) is 4.48. The first-order valence-electron chi connectivity index (χ1n) is 5.90. The van der Waals surface area contributed by atoms with Gasteiger partial charge >= 0.3 is 5.97 Å². The van der Waals surface area contributed by atoms with Crippen molar-refractivity contribution in [1.29, 1.82) is 0 Å². The highest BCUT2D eigenvalue weighted by molar-refractivity contribution is 6.34. The number of methoxy groups -OCH3 is 1. The SMILES string of the molecule is COC(=O)c1ccc(Cl)c(NC(=O)c2cccc(=O)[nH]2)c1. The second kappa shape index (κ2) is 6.23. The minimum atomic E-state index is -0.546. The predicted molar refractivity (Wildman–Crippen MR) is 77.8 cm³/mol. The quantitative estimate of drug-likeness (QED) is 0.850. The summed E-state index contributed by atoms with van der Waals surface area (Å²) in [4.78, 5) is 37.0. The minimum Gasteiger partial charge on any atom is -0.465 e. The van der Waals surface area contributed by atoms with Crippen LogP contribution >= 0.6 is 11.6 Å². The molecule has 0 unspecified atom stereocenters. The molecule has 1 heterocycles. The van der Waals surface area contributed by atoms with E-state index in [1.807, 2.05) is 0 Å². The van der Waals surface area contributed by atoms with Gasteiger partial charge in [0.2, 0.25) is 5.56 Å². The Morgan fingerprint density at radius 3 is 2.67 bits per heavy atom. The van der Waals surface area contributed by atoms with E-state index in [1.165, 1.54) is 43.5 Å². The van der Waals surface area contributed by atoms with Crippen LogP contribution < -0.4 is 10.9 Å². The molecule has 6 nitrogen and oxygen atoms in total. The molecule has 0 radical (unpaired) electrons. The van der Waals surface area contributed by atoms with Crippen molar-refractivity contribution in [3.63, 3.8) is 0 Å². The fourth-order valence-corrected chi connectivity index (χ4v) is 1.80. The maximum absolute atomic E-state index is 12.0. The number of halogens is 1. The maximum Gasteiger partial charge on any atom is 0.337 e. The fourth-order valence-electron chi connectivity index (χ4n) is 1.64. The van der Waals surface area contributed by atoms with Crippen molar-refractivity contribution in [3.8, 4) is 0 Å². The highest BCUT2D eigenvalue weighted by Gasteiger charge is 2.12. The molecule has 0 fully saturated rings. The number of ether oxygens (including phenoxy) is 1. The summed E-state index contributed by atoms with van der Waals surface area (Å²) in [6.07, 6.45) is 0. The average molecular weight is 307 g/mol. The molecule has 0 saturated heterocycles. The molecule has 0 atom stereocenters. The van der Waals surface area contributed by atoms with Gasteiger partial charge in [-0.05, 0) is 24.3 Å². The lowest BCUT2D eigenvalue weighted by Gasteiger charge is -2.08. The van der Waals surface area contributed by atoms with Gasteiger partial charge in [-0.2, -0.15) is 0 Å². The van der Waals surface area contributed by atoms with E-state index in [4.69, 9.17) is 11.6 Å². The Labute approximate surface area is 124 Å². The van der Waals surface area contributed by atoms with E-state index >= 15 is 0 Å². The number of nitrogens with one attached hydrogen (secondary N) is 2. The molecule has 7 heteroatoms. The van der Waals surface area contributed by atoms with Crippen molar-refractivity contribution in [2.75, 3.05) is 12.4 Å². The van der Waals surface area contributed by atoms with Gasteiger partial charge in [-0.15, -0.1) is 0 Å². The van der Waals surface area contributed by atoms with Gasteiger partial charge in [-0.1, -0.05) is 17.7 Å². The molecule has 0 aliphatic rings. The van der Waals surface area contributed by atoms with E-state index in [-0.39, 0.29) is 22.0 Å². The van der Waals surface area contributed by atoms with Gasteiger partial charge in [0.05, 0.1) is 23.4 Å². The smallest absolute Gasteiger partial charge is 0.337 e. The summed E-state index contributed by atoms with van der Waals surface area (Å²) in [5.74, 6) is -1.09. The van der Waals surface area contributed by atoms with Crippen molar-refractivity contribution in [2.24, 2.45) is 0 Å². The lowest BCUT2D eigenvalue weighted by atomic mass is 10.2. The van der Waals surface area contributed by atoms with Gasteiger partial charge in [-0.25, -0.2) is 4.79 Å². The third kappa shape index (κ3) is 3.49. The van der Waals surface area contributed by atoms with Crippen LogP contribution in [0.4, 0.5) is 5.69 Å². The molecular formula is C14H11ClN2O4. The highest BCUT2D eigenvalue weighted by atomic mass is 35.5. The molecule has 21 heavy (non-hydrogen) atoms. The van der Waals surface area contributed by atoms with Gasteiger partial charge in [0.15, 0.2) is 0 Å². The molecule has 108 valence electrons. The first kappa shape index (κ1) is 14.8. The fraction of sp³-hybridized carbons (Fsp3) is 0.0714. The van der Waals surface area contributed by atoms with Gasteiger partial charge in [-0.3, -0.25) is 9.59 Å². The Morgan fingerprint density at radius 2 is 2.00 bits per heavy atom. The second-order valence-electron chi connectivity index (χ2n) is 4.07. The predicted octanol–water partition coefficient (Wildman–Crippen LogP) is 2.07. The Morgan fingerprint density at radius 1 is 1.24 bits per heavy atom. The number of carbonyl (C=O) groups excluding carboxylic acids is 2. The van der Waals surface area contributed by atoms with Crippen LogP contribution in [-0.4, -0.2) is 24.0 Å². The zero-order valence-electron chi connectivity index (χ0n) is 11.0. The van der Waals surface area contributed by atoms with Crippen LogP contribution in [0.15, 0.2) is 41.2 Å². The van der Waals surface area contributed by atoms with E-state index in [1.54, 1.807) is 0 Å². The summed E-state index contributed by atoms with van der Waals surface area (Å²) in [5.41, 5.74) is 0.187. The zero-order chi connectivity index (χ0) is 15.4. The maximum atomic E-state index is 12.0. The largest absolute Gasteiger partial charge is 0.465 e. The summed E-state index contributed by atoms with van der Waals surface area (Å²) in [5, 5.41) is 2.78. The van der Waals surface area contributed by atoms with Crippen LogP contribution in [0, 0.1) is 0 Å². The van der Waals surface area contributed by atoms with E-state index in [0.717, 1.165) is 0 Å². The van der Waals surface area contributed by atoms with E-state index in [2.05, 4.69) is 15.0 Å². The zero-order valence-corrected chi connectivity index (χ0v) is 11.7. The van der Waals surface area contributed by atoms with Crippen molar-refractivity contribution >= 4 is 29.2 Å². The third-order valence-corrected chi connectivity index (χ3v) is 2.98. The van der Waals surface area contributed by atoms with Crippen molar-refractivity contribution in [3.05, 3.63) is 63.0 Å². The van der Waals surface area contributed by atoms with Crippen LogP contribution in [0.3, 0.4) is 0 Å². The standard InChI is InChI=1S/C14H11ClN2O4/c1-21-14(20)8-5-6-9(15)11(7-8)17-13(19)10-3-2-4-12(18)16-10/h2-7H,1H3,(H,16,18)(H,17,19). The van der Waals surface area contributed by atoms with Crippen LogP contribution in [0.1, 0.15) is 20.8 Å². The van der Waals surface area contributed by atoms with Crippen LogP contribution in [0.5, 0.6) is 0 Å². The molecule has 0 aliphatic carbocycles. The van der Waals surface area contributed by atoms with Gasteiger partial charge in [0, 0.05) is 6.07 Å². The number of carbonyl (C=O) groups is 2. The van der Waals surface area contributed by atoms with Gasteiger partial charge in [0.25, 0.3) is 5.91 Å². The molecule has 2 N–H and O–H groups in total. The number of esters is 1. The molecular weight excluding hydrogens is 296 g/mol. The molecule has 2 rings (SSSR count). The molecule has 1 amide bonds. The Hall–Kier alpha value is -2.60. The van der Waals surface area contributed by atoms with E-state index in [0.29, 0.717) is 0 Å². The van der Waals surface area contributed by atoms with Crippen LogP contribution in [-0.2, 0) is 4.74 Å². The topological polar surface area (TPSA) is 88.3 Å². The Balaban J connectivity index is 2.28. The normalized spacial score (nSPS) is 10.0. The summed E-state index contributed by atoms with van der Waals surface area (Å²) < 4.78 is 4.59. The molecule has 0 bridgehead atoms. The number of hydrogen-bond donors (Lipinski definition) is 2. The van der Waals surface area contributed by atoms with E-state index < -0.39 is 17.4 Å². The monoisotopic (exact) mass is 306 g/mol. The van der Waals surface area contributed by atoms with Gasteiger partial charge < -0.3 is 15.0 Å². The third-order valence-electron chi connectivity index (χ3n) is 2.65. The van der Waals surface area contributed by atoms with Crippen LogP contribution in [0.25, 0.3) is 0 Å². The minimum absolute atomic E-state index is 0.0852. The molecule has 0 aliphatic heterocycles. The first-order chi connectivity index (χ1) is 10.0. The summed E-state index contributed by atoms with van der Waals surface area (Å²) in [6.45, 7) is 0. The number of benzene rings is 1. The summed E-state index contributed by atoms with van der Waals surface area (Å²) in [7, 11) is 1.25. The van der Waals surface area contributed by atoms with Gasteiger partial charge in [0.1, 0.15) is 5.69 Å². The number of rotatable bonds is 3. The lowest BCUT2D eigenvalue weighted by molar-refractivity contribution is 0.0600. The molecule has 0 saturated carbocycles. The first-order valence-corrected chi connectivity index (χ1v) is 6.27. The van der Waals surface area contributed by atoms with Crippen molar-refractivity contribution < 1.29 is 14.3 Å². The van der Waals surface area contributed by atoms with E-state index in [9.17, 15) is 14.4 Å². The molecule has 1 aromatic carbocycles. The summed E-state index contributed by atoms with van der Waals surface area (Å²) in [6, 6.07) is 8.55. The van der Waals surface area contributed by atoms with Crippen molar-refractivity contribution in [2.45, 2.75) is 0 Å². The van der Waals surface area contributed by atoms with Crippen LogP contribution in [0.2, 0.25) is 5.02 Å². The average Bonchev–Trinajstić information content (AvgIpc) is 2.48. The number of aromatic nitrogens is 1. The number of anilines is 1. The number of amides is 1. The Kier molecular flexibility index (Phi) is 4.39. The number of hydrogen-bond acceptors (Lipinski definition) is 4. The Bertz CT molecular complexity index is 755. The highest BCUT2D eigenvalue weighted by Crippen LogP contribution is 2.23. The molecule has 1 aromatic heterocycles.